The van der Waals surface area contributed by atoms with Gasteiger partial charge in [0.1, 0.15) is 18.3 Å². The maximum absolute atomic E-state index is 12.1. The summed E-state index contributed by atoms with van der Waals surface area (Å²) in [6.45, 7) is 0.0765. The smallest absolute Gasteiger partial charge is 0.338 e. The largest absolute Gasteiger partial charge is 0.453 e. The van der Waals surface area contributed by atoms with Crippen LogP contribution in [0.4, 0.5) is 0 Å². The van der Waals surface area contributed by atoms with Crippen molar-refractivity contribution >= 4 is 5.97 Å². The Morgan fingerprint density at radius 3 is 2.45 bits per heavy atom. The predicted octanol–water partition coefficient (Wildman–Crippen LogP) is -0.0485. The van der Waals surface area contributed by atoms with Gasteiger partial charge in [-0.2, -0.15) is 0 Å². The van der Waals surface area contributed by atoms with Crippen molar-refractivity contribution in [1.29, 1.82) is 0 Å². The van der Waals surface area contributed by atoms with E-state index < -0.39 is 36.7 Å². The Kier molecular flexibility index (Phi) is 5.87. The summed E-state index contributed by atoms with van der Waals surface area (Å²) in [5.41, 5.74) is 0.325. The number of methoxy groups -OCH3 is 2. The third-order valence-electron chi connectivity index (χ3n) is 3.46. The monoisotopic (exact) mass is 312 g/mol. The average molecular weight is 312 g/mol. The minimum Gasteiger partial charge on any atom is -0.453 e. The summed E-state index contributed by atoms with van der Waals surface area (Å²) in [5.74, 6) is -0.642. The number of benzene rings is 1. The van der Waals surface area contributed by atoms with Crippen molar-refractivity contribution in [3.05, 3.63) is 35.9 Å². The number of aliphatic hydroxyl groups excluding tert-OH is 2. The third-order valence-corrected chi connectivity index (χ3v) is 3.46. The molecule has 1 saturated heterocycles. The van der Waals surface area contributed by atoms with E-state index in [4.69, 9.17) is 18.9 Å². The fourth-order valence-corrected chi connectivity index (χ4v) is 2.30. The van der Waals surface area contributed by atoms with Crippen LogP contribution in [0.2, 0.25) is 0 Å². The van der Waals surface area contributed by atoms with E-state index in [9.17, 15) is 15.0 Å². The normalized spacial score (nSPS) is 31.7. The van der Waals surface area contributed by atoms with Gasteiger partial charge in [-0.3, -0.25) is 0 Å². The molecule has 1 aliphatic rings. The van der Waals surface area contributed by atoms with Crippen molar-refractivity contribution in [3.8, 4) is 0 Å². The lowest BCUT2D eigenvalue weighted by Crippen LogP contribution is -2.60. The van der Waals surface area contributed by atoms with Gasteiger partial charge < -0.3 is 29.2 Å². The van der Waals surface area contributed by atoms with E-state index in [0.717, 1.165) is 0 Å². The summed E-state index contributed by atoms with van der Waals surface area (Å²) in [5, 5.41) is 20.4. The second-order valence-corrected chi connectivity index (χ2v) is 4.95. The number of hydrogen-bond acceptors (Lipinski definition) is 7. The minimum absolute atomic E-state index is 0.0765. The maximum atomic E-state index is 12.1. The average Bonchev–Trinajstić information content (AvgIpc) is 2.54. The molecule has 0 bridgehead atoms. The first kappa shape index (κ1) is 16.9. The van der Waals surface area contributed by atoms with Gasteiger partial charge >= 0.3 is 5.97 Å². The van der Waals surface area contributed by atoms with Gasteiger partial charge in [-0.05, 0) is 12.1 Å². The quantitative estimate of drug-likeness (QED) is 0.736. The van der Waals surface area contributed by atoms with Gasteiger partial charge in [0.05, 0.1) is 12.2 Å². The first-order valence-electron chi connectivity index (χ1n) is 6.87. The molecule has 0 saturated carbocycles. The Morgan fingerprint density at radius 1 is 1.18 bits per heavy atom. The summed E-state index contributed by atoms with van der Waals surface area (Å²) < 4.78 is 20.6. The molecule has 1 fully saturated rings. The summed E-state index contributed by atoms with van der Waals surface area (Å²) in [7, 11) is 2.80. The van der Waals surface area contributed by atoms with Crippen molar-refractivity contribution in [1.82, 2.24) is 0 Å². The molecular weight excluding hydrogens is 292 g/mol. The highest BCUT2D eigenvalue weighted by molar-refractivity contribution is 5.89. The predicted molar refractivity (Wildman–Crippen MR) is 75.2 cm³/mol. The van der Waals surface area contributed by atoms with Crippen LogP contribution in [0, 0.1) is 0 Å². The molecule has 1 aliphatic heterocycles. The topological polar surface area (TPSA) is 94.5 Å². The highest BCUT2D eigenvalue weighted by atomic mass is 16.7. The molecule has 7 heteroatoms. The number of esters is 1. The summed E-state index contributed by atoms with van der Waals surface area (Å²) >= 11 is 0. The number of aliphatic hydroxyl groups is 2. The van der Waals surface area contributed by atoms with Crippen LogP contribution in [-0.2, 0) is 18.9 Å². The van der Waals surface area contributed by atoms with E-state index in [0.29, 0.717) is 5.56 Å². The lowest BCUT2D eigenvalue weighted by atomic mass is 9.99. The van der Waals surface area contributed by atoms with E-state index in [1.165, 1.54) is 14.2 Å². The van der Waals surface area contributed by atoms with Gasteiger partial charge in [-0.25, -0.2) is 4.79 Å². The Morgan fingerprint density at radius 2 is 1.86 bits per heavy atom. The lowest BCUT2D eigenvalue weighted by molar-refractivity contribution is -0.294. The van der Waals surface area contributed by atoms with Crippen LogP contribution in [0.3, 0.4) is 0 Å². The van der Waals surface area contributed by atoms with Crippen LogP contribution in [0.1, 0.15) is 10.4 Å². The van der Waals surface area contributed by atoms with Crippen LogP contribution in [0.25, 0.3) is 0 Å². The molecule has 2 N–H and O–H groups in total. The Balaban J connectivity index is 2.13. The third kappa shape index (κ3) is 3.63. The Bertz CT molecular complexity index is 478. The van der Waals surface area contributed by atoms with Gasteiger partial charge in [0.2, 0.25) is 0 Å². The molecule has 1 heterocycles. The molecule has 22 heavy (non-hydrogen) atoms. The van der Waals surface area contributed by atoms with Crippen molar-refractivity contribution in [2.24, 2.45) is 0 Å². The van der Waals surface area contributed by atoms with Gasteiger partial charge in [-0.1, -0.05) is 18.2 Å². The zero-order chi connectivity index (χ0) is 16.1. The van der Waals surface area contributed by atoms with Gasteiger partial charge in [0.25, 0.3) is 0 Å². The molecule has 1 aromatic carbocycles. The van der Waals surface area contributed by atoms with Crippen molar-refractivity contribution in [2.45, 2.75) is 30.7 Å². The molecule has 3 unspecified atom stereocenters. The van der Waals surface area contributed by atoms with Gasteiger partial charge in [0, 0.05) is 14.2 Å². The molecule has 0 radical (unpaired) electrons. The van der Waals surface area contributed by atoms with Crippen molar-refractivity contribution in [2.75, 3.05) is 20.8 Å². The van der Waals surface area contributed by atoms with Gasteiger partial charge in [0.15, 0.2) is 12.4 Å². The Hall–Kier alpha value is -1.51. The lowest BCUT2D eigenvalue weighted by Gasteiger charge is -2.41. The van der Waals surface area contributed by atoms with E-state index in [-0.39, 0.29) is 6.61 Å². The molecule has 0 amide bonds. The molecule has 2 rings (SSSR count). The fraction of sp³-hybridized carbons (Fsp3) is 0.533. The highest BCUT2D eigenvalue weighted by Crippen LogP contribution is 2.25. The van der Waals surface area contributed by atoms with Crippen molar-refractivity contribution < 1.29 is 34.0 Å². The molecule has 0 aromatic heterocycles. The highest BCUT2D eigenvalue weighted by Gasteiger charge is 2.47. The molecular formula is C15H20O7. The van der Waals surface area contributed by atoms with E-state index in [1.807, 2.05) is 0 Å². The van der Waals surface area contributed by atoms with Crippen LogP contribution < -0.4 is 0 Å². The van der Waals surface area contributed by atoms with E-state index in [1.54, 1.807) is 30.3 Å². The Labute approximate surface area is 128 Å². The molecule has 0 aliphatic carbocycles. The van der Waals surface area contributed by atoms with Crippen LogP contribution in [0.15, 0.2) is 30.3 Å². The number of carbonyl (C=O) groups is 1. The molecule has 0 spiro atoms. The zero-order valence-corrected chi connectivity index (χ0v) is 12.4. The minimum atomic E-state index is -1.30. The second-order valence-electron chi connectivity index (χ2n) is 4.95. The fourth-order valence-electron chi connectivity index (χ4n) is 2.30. The number of hydrogen-bond donors (Lipinski definition) is 2. The van der Waals surface area contributed by atoms with Crippen LogP contribution in [-0.4, -0.2) is 67.7 Å². The molecule has 1 aromatic rings. The second kappa shape index (κ2) is 7.66. The summed E-state index contributed by atoms with van der Waals surface area (Å²) in [6.07, 6.45) is -5.50. The van der Waals surface area contributed by atoms with Crippen LogP contribution >= 0.6 is 0 Å². The molecule has 122 valence electrons. The van der Waals surface area contributed by atoms with Crippen LogP contribution in [0.5, 0.6) is 0 Å². The van der Waals surface area contributed by atoms with E-state index in [2.05, 4.69) is 0 Å². The van der Waals surface area contributed by atoms with E-state index >= 15 is 0 Å². The van der Waals surface area contributed by atoms with Gasteiger partial charge in [-0.15, -0.1) is 0 Å². The standard InChI is InChI=1S/C15H20O7/c1-19-8-10-11(16)13(12(17)15(20-2)21-10)22-14(18)9-6-4-3-5-7-9/h3-7,10-13,15-17H,8H2,1-2H3/t10?,11-,12?,13?,15+/m0/s1. The van der Waals surface area contributed by atoms with Crippen molar-refractivity contribution in [3.63, 3.8) is 0 Å². The number of ether oxygens (including phenoxy) is 4. The number of carbonyl (C=O) groups excluding carboxylic acids is 1. The summed E-state index contributed by atoms with van der Waals surface area (Å²) in [6, 6.07) is 8.32. The zero-order valence-electron chi connectivity index (χ0n) is 12.4. The maximum Gasteiger partial charge on any atom is 0.338 e. The molecule has 5 atom stereocenters. The SMILES string of the molecule is COCC1O[C@@H](OC)C(O)C(OC(=O)c2ccccc2)[C@H]1O. The first-order valence-corrected chi connectivity index (χ1v) is 6.87. The molecule has 7 nitrogen and oxygen atoms in total. The summed E-state index contributed by atoms with van der Waals surface area (Å²) in [4.78, 5) is 12.1. The first-order chi connectivity index (χ1) is 10.6. The number of rotatable bonds is 5.